The average Bonchev–Trinajstić information content (AvgIpc) is 2.28. The van der Waals surface area contributed by atoms with Crippen molar-refractivity contribution in [3.63, 3.8) is 0 Å². The first-order valence-electron chi connectivity index (χ1n) is 6.34. The second-order valence-electron chi connectivity index (χ2n) is 5.18. The molecular weight excluding hydrogens is 208 g/mol. The molecule has 0 fully saturated rings. The summed E-state index contributed by atoms with van der Waals surface area (Å²) in [7, 11) is 0. The molecule has 0 aliphatic heterocycles. The fourth-order valence-corrected chi connectivity index (χ4v) is 1.54. The standard InChI is InChI=1S/C15H28N2/c1-6-15(5,17-16)12-8-11-14(4)10-7-9-13(2)3/h6,9,11,17H,1,7-8,10,12,16H2,2-5H3/b14-11+. The number of hydrogen-bond acceptors (Lipinski definition) is 2. The number of hydrazine groups is 1. The van der Waals surface area contributed by atoms with Crippen molar-refractivity contribution >= 4 is 0 Å². The van der Waals surface area contributed by atoms with E-state index in [2.05, 4.69) is 51.9 Å². The minimum absolute atomic E-state index is 0.156. The highest BCUT2D eigenvalue weighted by Gasteiger charge is 2.15. The Morgan fingerprint density at radius 2 is 1.88 bits per heavy atom. The van der Waals surface area contributed by atoms with E-state index < -0.39 is 0 Å². The molecule has 3 N–H and O–H groups in total. The zero-order valence-electron chi connectivity index (χ0n) is 11.8. The van der Waals surface area contributed by atoms with Gasteiger partial charge >= 0.3 is 0 Å². The fourth-order valence-electron chi connectivity index (χ4n) is 1.54. The molecule has 0 rings (SSSR count). The van der Waals surface area contributed by atoms with Crippen LogP contribution in [0.5, 0.6) is 0 Å². The summed E-state index contributed by atoms with van der Waals surface area (Å²) < 4.78 is 0. The van der Waals surface area contributed by atoms with Crippen LogP contribution in [0.3, 0.4) is 0 Å². The third-order valence-electron chi connectivity index (χ3n) is 3.03. The first-order chi connectivity index (χ1) is 7.93. The van der Waals surface area contributed by atoms with Crippen molar-refractivity contribution in [2.24, 2.45) is 5.84 Å². The van der Waals surface area contributed by atoms with Crippen molar-refractivity contribution in [3.8, 4) is 0 Å². The monoisotopic (exact) mass is 236 g/mol. The lowest BCUT2D eigenvalue weighted by Crippen LogP contribution is -2.44. The van der Waals surface area contributed by atoms with E-state index in [1.807, 2.05) is 6.08 Å². The Hall–Kier alpha value is -0.860. The minimum atomic E-state index is -0.156. The van der Waals surface area contributed by atoms with Gasteiger partial charge in [-0.05, 0) is 53.4 Å². The summed E-state index contributed by atoms with van der Waals surface area (Å²) in [6.45, 7) is 12.3. The number of nitrogens with one attached hydrogen (secondary N) is 1. The quantitative estimate of drug-likeness (QED) is 0.381. The zero-order valence-corrected chi connectivity index (χ0v) is 11.8. The lowest BCUT2D eigenvalue weighted by Gasteiger charge is -2.23. The van der Waals surface area contributed by atoms with Crippen LogP contribution in [-0.2, 0) is 0 Å². The van der Waals surface area contributed by atoms with Crippen LogP contribution >= 0.6 is 0 Å². The first kappa shape index (κ1) is 16.1. The zero-order chi connectivity index (χ0) is 13.3. The van der Waals surface area contributed by atoms with Gasteiger partial charge in [-0.25, -0.2) is 0 Å². The van der Waals surface area contributed by atoms with Crippen LogP contribution < -0.4 is 11.3 Å². The van der Waals surface area contributed by atoms with E-state index in [0.717, 1.165) is 25.7 Å². The summed E-state index contributed by atoms with van der Waals surface area (Å²) in [6.07, 6.45) is 10.8. The molecule has 0 saturated carbocycles. The van der Waals surface area contributed by atoms with Crippen LogP contribution in [0.1, 0.15) is 53.4 Å². The maximum absolute atomic E-state index is 5.50. The van der Waals surface area contributed by atoms with E-state index in [4.69, 9.17) is 5.84 Å². The molecule has 2 nitrogen and oxygen atoms in total. The first-order valence-corrected chi connectivity index (χ1v) is 6.34. The van der Waals surface area contributed by atoms with E-state index in [-0.39, 0.29) is 5.54 Å². The van der Waals surface area contributed by atoms with Crippen molar-refractivity contribution in [2.45, 2.75) is 58.9 Å². The molecule has 0 aromatic heterocycles. The third kappa shape index (κ3) is 7.94. The molecule has 0 amide bonds. The Labute approximate surface area is 107 Å². The summed E-state index contributed by atoms with van der Waals surface area (Å²) in [5, 5.41) is 0. The van der Waals surface area contributed by atoms with Crippen LogP contribution in [0.4, 0.5) is 0 Å². The lowest BCUT2D eigenvalue weighted by molar-refractivity contribution is 0.421. The minimum Gasteiger partial charge on any atom is -0.271 e. The fraction of sp³-hybridized carbons (Fsp3) is 0.600. The molecule has 0 saturated heterocycles. The van der Waals surface area contributed by atoms with E-state index in [1.54, 1.807) is 0 Å². The van der Waals surface area contributed by atoms with Gasteiger partial charge in [-0.2, -0.15) is 0 Å². The number of allylic oxidation sites excluding steroid dienone is 4. The molecule has 1 unspecified atom stereocenters. The predicted octanol–water partition coefficient (Wildman–Crippen LogP) is 3.87. The normalized spacial score (nSPS) is 15.2. The molecule has 0 aromatic rings. The maximum Gasteiger partial charge on any atom is 0.0472 e. The largest absolute Gasteiger partial charge is 0.271 e. The Balaban J connectivity index is 3.99. The highest BCUT2D eigenvalue weighted by Crippen LogP contribution is 2.15. The Bertz CT molecular complexity index is 285. The van der Waals surface area contributed by atoms with Crippen molar-refractivity contribution in [3.05, 3.63) is 36.0 Å². The summed E-state index contributed by atoms with van der Waals surface area (Å²) >= 11 is 0. The van der Waals surface area contributed by atoms with Crippen LogP contribution in [0.25, 0.3) is 0 Å². The SMILES string of the molecule is C=CC(C)(CC/C=C(\C)CCC=C(C)C)NN. The van der Waals surface area contributed by atoms with Gasteiger partial charge in [-0.3, -0.25) is 11.3 Å². The van der Waals surface area contributed by atoms with Crippen LogP contribution in [0.2, 0.25) is 0 Å². The van der Waals surface area contributed by atoms with Gasteiger partial charge < -0.3 is 0 Å². The second-order valence-corrected chi connectivity index (χ2v) is 5.18. The summed E-state index contributed by atoms with van der Waals surface area (Å²) in [5.74, 6) is 5.50. The molecular formula is C15H28N2. The van der Waals surface area contributed by atoms with Crippen molar-refractivity contribution in [1.82, 2.24) is 5.43 Å². The molecule has 0 spiro atoms. The van der Waals surface area contributed by atoms with Crippen LogP contribution in [-0.4, -0.2) is 5.54 Å². The van der Waals surface area contributed by atoms with Crippen molar-refractivity contribution in [2.75, 3.05) is 0 Å². The van der Waals surface area contributed by atoms with Gasteiger partial charge in [-0.1, -0.05) is 29.4 Å². The Morgan fingerprint density at radius 3 is 2.35 bits per heavy atom. The van der Waals surface area contributed by atoms with Gasteiger partial charge in [0.1, 0.15) is 0 Å². The number of hydrogen-bond donors (Lipinski definition) is 2. The Kier molecular flexibility index (Phi) is 7.85. The Morgan fingerprint density at radius 1 is 1.24 bits per heavy atom. The summed E-state index contributed by atoms with van der Waals surface area (Å²) in [5.41, 5.74) is 5.49. The molecule has 98 valence electrons. The van der Waals surface area contributed by atoms with Crippen molar-refractivity contribution in [1.29, 1.82) is 0 Å². The maximum atomic E-state index is 5.50. The van der Waals surface area contributed by atoms with Gasteiger partial charge in [0.25, 0.3) is 0 Å². The van der Waals surface area contributed by atoms with E-state index in [1.165, 1.54) is 11.1 Å². The smallest absolute Gasteiger partial charge is 0.0472 e. The van der Waals surface area contributed by atoms with Gasteiger partial charge in [0.2, 0.25) is 0 Å². The van der Waals surface area contributed by atoms with Crippen molar-refractivity contribution < 1.29 is 0 Å². The molecule has 2 heteroatoms. The molecule has 0 aromatic carbocycles. The average molecular weight is 236 g/mol. The molecule has 0 aliphatic carbocycles. The summed E-state index contributed by atoms with van der Waals surface area (Å²) in [6, 6.07) is 0. The highest BCUT2D eigenvalue weighted by atomic mass is 15.3. The van der Waals surface area contributed by atoms with E-state index in [9.17, 15) is 0 Å². The van der Waals surface area contributed by atoms with Gasteiger partial charge in [-0.15, -0.1) is 6.58 Å². The summed E-state index contributed by atoms with van der Waals surface area (Å²) in [4.78, 5) is 0. The molecule has 0 aliphatic rings. The topological polar surface area (TPSA) is 38.0 Å². The molecule has 0 radical (unpaired) electrons. The molecule has 0 heterocycles. The molecule has 1 atom stereocenters. The molecule has 17 heavy (non-hydrogen) atoms. The highest BCUT2D eigenvalue weighted by molar-refractivity contribution is 5.05. The predicted molar refractivity (Wildman–Crippen MR) is 77.6 cm³/mol. The van der Waals surface area contributed by atoms with Gasteiger partial charge in [0.05, 0.1) is 0 Å². The second kappa shape index (κ2) is 8.26. The van der Waals surface area contributed by atoms with E-state index in [0.29, 0.717) is 0 Å². The van der Waals surface area contributed by atoms with Crippen LogP contribution in [0, 0.1) is 0 Å². The number of rotatable bonds is 8. The number of nitrogens with two attached hydrogens (primary N) is 1. The van der Waals surface area contributed by atoms with Crippen LogP contribution in [0.15, 0.2) is 36.0 Å². The molecule has 0 bridgehead atoms. The third-order valence-corrected chi connectivity index (χ3v) is 3.03. The van der Waals surface area contributed by atoms with Gasteiger partial charge in [0.15, 0.2) is 0 Å². The lowest BCUT2D eigenvalue weighted by atomic mass is 9.96. The van der Waals surface area contributed by atoms with E-state index >= 15 is 0 Å². The van der Waals surface area contributed by atoms with Gasteiger partial charge in [0, 0.05) is 5.54 Å².